The number of hydrogen-bond donors (Lipinski definition) is 1. The van der Waals surface area contributed by atoms with Crippen molar-refractivity contribution in [1.82, 2.24) is 9.88 Å². The lowest BCUT2D eigenvalue weighted by molar-refractivity contribution is -0.121. The van der Waals surface area contributed by atoms with Crippen LogP contribution in [-0.2, 0) is 4.79 Å². The zero-order chi connectivity index (χ0) is 17.1. The van der Waals surface area contributed by atoms with Crippen molar-refractivity contribution in [3.05, 3.63) is 46.5 Å². The molecular formula is C16H15Cl2N3O3. The van der Waals surface area contributed by atoms with Gasteiger partial charge in [0, 0.05) is 25.2 Å². The second kappa shape index (κ2) is 7.23. The van der Waals surface area contributed by atoms with Gasteiger partial charge in [-0.15, -0.1) is 0 Å². The normalized spacial score (nSPS) is 15.3. The lowest BCUT2D eigenvalue weighted by Gasteiger charge is -2.30. The number of nitrogens with zero attached hydrogens (tertiary/aromatic N) is 2. The molecule has 0 atom stereocenters. The van der Waals surface area contributed by atoms with Crippen molar-refractivity contribution in [1.29, 1.82) is 0 Å². The molecule has 0 saturated carbocycles. The number of carbonyl (C=O) groups is 2. The molecule has 0 unspecified atom stereocenters. The van der Waals surface area contributed by atoms with Crippen LogP contribution in [0.3, 0.4) is 0 Å². The number of hydrogen-bond acceptors (Lipinski definition) is 4. The van der Waals surface area contributed by atoms with E-state index in [4.69, 9.17) is 27.6 Å². The summed E-state index contributed by atoms with van der Waals surface area (Å²) >= 11 is 11.5. The predicted molar refractivity (Wildman–Crippen MR) is 90.2 cm³/mol. The summed E-state index contributed by atoms with van der Waals surface area (Å²) in [4.78, 5) is 30.3. The van der Waals surface area contributed by atoms with Gasteiger partial charge in [0.25, 0.3) is 5.91 Å². The van der Waals surface area contributed by atoms with Gasteiger partial charge >= 0.3 is 0 Å². The Labute approximate surface area is 148 Å². The van der Waals surface area contributed by atoms with E-state index in [9.17, 15) is 9.59 Å². The van der Waals surface area contributed by atoms with E-state index >= 15 is 0 Å². The van der Waals surface area contributed by atoms with Gasteiger partial charge in [0.1, 0.15) is 5.82 Å². The Bertz CT molecular complexity index is 737. The number of pyridine rings is 1. The average molecular weight is 368 g/mol. The first-order chi connectivity index (χ1) is 11.5. The summed E-state index contributed by atoms with van der Waals surface area (Å²) < 4.78 is 5.14. The number of amides is 2. The number of carbonyl (C=O) groups excluding carboxylic acids is 2. The molecule has 2 aromatic rings. The molecule has 1 fully saturated rings. The van der Waals surface area contributed by atoms with Crippen LogP contribution in [0.1, 0.15) is 23.4 Å². The predicted octanol–water partition coefficient (Wildman–Crippen LogP) is 3.47. The maximum absolute atomic E-state index is 12.3. The molecule has 2 amide bonds. The van der Waals surface area contributed by atoms with E-state index in [1.54, 1.807) is 23.1 Å². The zero-order valence-corrected chi connectivity index (χ0v) is 14.2. The second-order valence-electron chi connectivity index (χ2n) is 5.52. The van der Waals surface area contributed by atoms with E-state index in [2.05, 4.69) is 10.3 Å². The van der Waals surface area contributed by atoms with Crippen LogP contribution in [0.2, 0.25) is 10.2 Å². The molecule has 1 N–H and O–H groups in total. The first-order valence-corrected chi connectivity index (χ1v) is 8.25. The highest BCUT2D eigenvalue weighted by Crippen LogP contribution is 2.22. The van der Waals surface area contributed by atoms with Gasteiger partial charge in [0.2, 0.25) is 5.91 Å². The number of piperidine rings is 1. The Morgan fingerprint density at radius 3 is 2.50 bits per heavy atom. The number of rotatable bonds is 3. The number of anilines is 1. The van der Waals surface area contributed by atoms with E-state index in [1.165, 1.54) is 12.3 Å². The number of halogens is 2. The van der Waals surface area contributed by atoms with E-state index in [0.717, 1.165) is 0 Å². The van der Waals surface area contributed by atoms with Crippen molar-refractivity contribution in [3.8, 4) is 0 Å². The molecule has 3 heterocycles. The molecule has 126 valence electrons. The third kappa shape index (κ3) is 3.88. The molecule has 8 heteroatoms. The molecule has 0 bridgehead atoms. The number of nitrogens with one attached hydrogen (secondary N) is 1. The fourth-order valence-corrected chi connectivity index (χ4v) is 2.87. The SMILES string of the molecule is O=C(Nc1ccc(Cl)cn1)C1CCN(C(=O)c2ccc(Cl)o2)CC1. The molecule has 0 radical (unpaired) electrons. The van der Waals surface area contributed by atoms with Gasteiger partial charge in [-0.2, -0.15) is 0 Å². The average Bonchev–Trinajstić information content (AvgIpc) is 3.03. The summed E-state index contributed by atoms with van der Waals surface area (Å²) in [5.41, 5.74) is 0. The van der Waals surface area contributed by atoms with Crippen LogP contribution in [0.15, 0.2) is 34.9 Å². The van der Waals surface area contributed by atoms with Gasteiger partial charge in [-0.05, 0) is 48.7 Å². The monoisotopic (exact) mass is 367 g/mol. The number of aromatic nitrogens is 1. The van der Waals surface area contributed by atoms with E-state index < -0.39 is 0 Å². The van der Waals surface area contributed by atoms with Crippen LogP contribution in [0.4, 0.5) is 5.82 Å². The Kier molecular flexibility index (Phi) is 5.06. The van der Waals surface area contributed by atoms with Crippen LogP contribution in [0.25, 0.3) is 0 Å². The minimum absolute atomic E-state index is 0.0991. The molecule has 6 nitrogen and oxygen atoms in total. The molecule has 0 aromatic carbocycles. The maximum Gasteiger partial charge on any atom is 0.289 e. The maximum atomic E-state index is 12.3. The molecule has 0 aliphatic carbocycles. The highest BCUT2D eigenvalue weighted by Gasteiger charge is 2.29. The molecule has 24 heavy (non-hydrogen) atoms. The van der Waals surface area contributed by atoms with E-state index in [1.807, 2.05) is 0 Å². The number of likely N-dealkylation sites (tertiary alicyclic amines) is 1. The van der Waals surface area contributed by atoms with Crippen molar-refractivity contribution in [2.75, 3.05) is 18.4 Å². The van der Waals surface area contributed by atoms with Gasteiger partial charge in [-0.25, -0.2) is 4.98 Å². The fraction of sp³-hybridized carbons (Fsp3) is 0.312. The molecule has 1 saturated heterocycles. The Morgan fingerprint density at radius 1 is 1.17 bits per heavy atom. The third-order valence-electron chi connectivity index (χ3n) is 3.92. The quantitative estimate of drug-likeness (QED) is 0.900. The minimum atomic E-state index is -0.208. The van der Waals surface area contributed by atoms with Crippen LogP contribution in [0.5, 0.6) is 0 Å². The summed E-state index contributed by atoms with van der Waals surface area (Å²) in [6.07, 6.45) is 2.64. The first-order valence-electron chi connectivity index (χ1n) is 7.50. The summed E-state index contributed by atoms with van der Waals surface area (Å²) in [6, 6.07) is 6.41. The van der Waals surface area contributed by atoms with Crippen LogP contribution >= 0.6 is 23.2 Å². The van der Waals surface area contributed by atoms with Crippen LogP contribution in [-0.4, -0.2) is 34.8 Å². The highest BCUT2D eigenvalue weighted by molar-refractivity contribution is 6.30. The highest BCUT2D eigenvalue weighted by atomic mass is 35.5. The van der Waals surface area contributed by atoms with Gasteiger partial charge in [0.05, 0.1) is 5.02 Å². The van der Waals surface area contributed by atoms with E-state index in [0.29, 0.717) is 36.8 Å². The van der Waals surface area contributed by atoms with Crippen molar-refractivity contribution in [2.24, 2.45) is 5.92 Å². The fourth-order valence-electron chi connectivity index (χ4n) is 2.61. The zero-order valence-electron chi connectivity index (χ0n) is 12.7. The molecule has 0 spiro atoms. The Morgan fingerprint density at radius 2 is 1.92 bits per heavy atom. The van der Waals surface area contributed by atoms with Crippen molar-refractivity contribution in [3.63, 3.8) is 0 Å². The van der Waals surface area contributed by atoms with Gasteiger partial charge in [0.15, 0.2) is 11.0 Å². The standard InChI is InChI=1S/C16H15Cl2N3O3/c17-11-1-4-14(19-9-11)20-15(22)10-5-7-21(8-6-10)16(23)12-2-3-13(18)24-12/h1-4,9-10H,5-8H2,(H,19,20,22). The second-order valence-corrected chi connectivity index (χ2v) is 6.33. The molecule has 1 aliphatic heterocycles. The van der Waals surface area contributed by atoms with Crippen molar-refractivity contribution in [2.45, 2.75) is 12.8 Å². The van der Waals surface area contributed by atoms with Crippen molar-refractivity contribution >= 4 is 40.8 Å². The van der Waals surface area contributed by atoms with E-state index in [-0.39, 0.29) is 28.7 Å². The van der Waals surface area contributed by atoms with Crippen LogP contribution in [0, 0.1) is 5.92 Å². The summed E-state index contributed by atoms with van der Waals surface area (Å²) in [7, 11) is 0. The summed E-state index contributed by atoms with van der Waals surface area (Å²) in [6.45, 7) is 0.979. The molecule has 1 aliphatic rings. The Hall–Kier alpha value is -2.05. The molecule has 3 rings (SSSR count). The smallest absolute Gasteiger partial charge is 0.289 e. The summed E-state index contributed by atoms with van der Waals surface area (Å²) in [5, 5.41) is 3.47. The number of furan rings is 1. The van der Waals surface area contributed by atoms with Gasteiger partial charge < -0.3 is 14.6 Å². The lowest BCUT2D eigenvalue weighted by atomic mass is 9.95. The Balaban J connectivity index is 1.53. The molecular weight excluding hydrogens is 353 g/mol. The summed E-state index contributed by atoms with van der Waals surface area (Å²) in [5.74, 6) is 0.214. The lowest BCUT2D eigenvalue weighted by Crippen LogP contribution is -2.41. The minimum Gasteiger partial charge on any atom is -0.440 e. The third-order valence-corrected chi connectivity index (χ3v) is 4.34. The van der Waals surface area contributed by atoms with Crippen LogP contribution < -0.4 is 5.32 Å². The van der Waals surface area contributed by atoms with Crippen molar-refractivity contribution < 1.29 is 14.0 Å². The largest absolute Gasteiger partial charge is 0.440 e. The van der Waals surface area contributed by atoms with Gasteiger partial charge in [-0.1, -0.05) is 11.6 Å². The van der Waals surface area contributed by atoms with Gasteiger partial charge in [-0.3, -0.25) is 9.59 Å². The topological polar surface area (TPSA) is 75.4 Å². The first kappa shape index (κ1) is 16.8. The molecule has 2 aromatic heterocycles.